The zero-order chi connectivity index (χ0) is 27.9. The Morgan fingerprint density at radius 1 is 0.775 bits per heavy atom. The summed E-state index contributed by atoms with van der Waals surface area (Å²) >= 11 is 0. The van der Waals surface area contributed by atoms with Crippen LogP contribution in [0, 0.1) is 5.92 Å². The van der Waals surface area contributed by atoms with Crippen LogP contribution in [0.15, 0.2) is 127 Å². The quantitative estimate of drug-likeness (QED) is 0.235. The number of para-hydroxylation sites is 1. The molecule has 40 heavy (non-hydrogen) atoms. The largest absolute Gasteiger partial charge is 0.358 e. The van der Waals surface area contributed by atoms with Crippen LogP contribution in [0.4, 0.5) is 5.69 Å². The van der Waals surface area contributed by atoms with Crippen LogP contribution in [0.1, 0.15) is 61.2 Å². The highest BCUT2D eigenvalue weighted by atomic mass is 16.1. The van der Waals surface area contributed by atoms with E-state index in [4.69, 9.17) is 0 Å². The molecule has 200 valence electrons. The van der Waals surface area contributed by atoms with Crippen molar-refractivity contribution < 1.29 is 4.79 Å². The molecule has 6 rings (SSSR count). The zero-order valence-electron chi connectivity index (χ0n) is 23.8. The molecule has 1 aliphatic heterocycles. The fraction of sp³-hybridized carbons (Fsp3) is 0.237. The molecule has 2 nitrogen and oxygen atoms in total. The number of anilines is 1. The Labute approximate surface area is 238 Å². The van der Waals surface area contributed by atoms with E-state index in [1.807, 2.05) is 36.4 Å². The summed E-state index contributed by atoms with van der Waals surface area (Å²) in [6, 6.07) is 40.0. The topological polar surface area (TPSA) is 20.3 Å². The Morgan fingerprint density at radius 2 is 1.32 bits per heavy atom. The minimum absolute atomic E-state index is 0.164. The zero-order valence-corrected chi connectivity index (χ0v) is 23.8. The number of carbonyl (C=O) groups excluding carboxylic acids is 1. The number of fused-ring (bicyclic) bond motifs is 1. The van der Waals surface area contributed by atoms with Crippen molar-refractivity contribution in [3.8, 4) is 0 Å². The van der Waals surface area contributed by atoms with Gasteiger partial charge in [0.2, 0.25) is 0 Å². The fourth-order valence-electron chi connectivity index (χ4n) is 7.33. The van der Waals surface area contributed by atoms with Crippen LogP contribution in [0.2, 0.25) is 0 Å². The van der Waals surface area contributed by atoms with Crippen LogP contribution < -0.4 is 4.90 Å². The van der Waals surface area contributed by atoms with Crippen molar-refractivity contribution in [1.82, 2.24) is 0 Å². The van der Waals surface area contributed by atoms with Gasteiger partial charge in [0.15, 0.2) is 5.78 Å². The predicted octanol–water partition coefficient (Wildman–Crippen LogP) is 9.00. The first-order chi connectivity index (χ1) is 19.4. The van der Waals surface area contributed by atoms with Crippen molar-refractivity contribution in [2.24, 2.45) is 5.92 Å². The van der Waals surface area contributed by atoms with E-state index in [-0.39, 0.29) is 17.2 Å². The third kappa shape index (κ3) is 3.81. The summed E-state index contributed by atoms with van der Waals surface area (Å²) in [5.41, 5.74) is 6.84. The molecule has 1 heterocycles. The van der Waals surface area contributed by atoms with Crippen LogP contribution in [-0.4, -0.2) is 17.4 Å². The van der Waals surface area contributed by atoms with Crippen molar-refractivity contribution in [1.29, 1.82) is 0 Å². The molecule has 1 aliphatic carbocycles. The lowest BCUT2D eigenvalue weighted by molar-refractivity contribution is 0.0869. The summed E-state index contributed by atoms with van der Waals surface area (Å²) in [6.07, 6.45) is 5.62. The molecule has 2 heteroatoms. The molecule has 2 aliphatic rings. The second kappa shape index (κ2) is 10.1. The Kier molecular flexibility index (Phi) is 6.58. The molecule has 4 aromatic carbocycles. The number of hydrogen-bond donors (Lipinski definition) is 0. The van der Waals surface area contributed by atoms with Crippen LogP contribution in [0.25, 0.3) is 11.1 Å². The summed E-state index contributed by atoms with van der Waals surface area (Å²) in [5, 5.41) is 0. The molecule has 0 aromatic heterocycles. The lowest BCUT2D eigenvalue weighted by Crippen LogP contribution is -2.64. The molecule has 0 unspecified atom stereocenters. The van der Waals surface area contributed by atoms with E-state index in [2.05, 4.69) is 124 Å². The summed E-state index contributed by atoms with van der Waals surface area (Å²) < 4.78 is 0. The Morgan fingerprint density at radius 3 is 1.93 bits per heavy atom. The van der Waals surface area contributed by atoms with E-state index >= 15 is 4.79 Å². The number of Topliss-reactive ketones (excluding diaryl/α,β-unsaturated/α-hetero) is 1. The second-order valence-corrected chi connectivity index (χ2v) is 11.6. The van der Waals surface area contributed by atoms with Crippen molar-refractivity contribution in [2.45, 2.75) is 51.1 Å². The van der Waals surface area contributed by atoms with Crippen LogP contribution in [0.3, 0.4) is 0 Å². The van der Waals surface area contributed by atoms with Crippen LogP contribution in [0.5, 0.6) is 0 Å². The summed E-state index contributed by atoms with van der Waals surface area (Å²) in [4.78, 5) is 17.6. The Hall–Kier alpha value is -4.17. The maximum atomic E-state index is 15.0. The monoisotopic (exact) mass is 523 g/mol. The van der Waals surface area contributed by atoms with Gasteiger partial charge in [-0.25, -0.2) is 0 Å². The van der Waals surface area contributed by atoms with Gasteiger partial charge < -0.3 is 4.90 Å². The molecule has 0 amide bonds. The summed E-state index contributed by atoms with van der Waals surface area (Å²) in [7, 11) is 0. The van der Waals surface area contributed by atoms with Gasteiger partial charge in [-0.3, -0.25) is 4.79 Å². The van der Waals surface area contributed by atoms with Crippen molar-refractivity contribution in [2.75, 3.05) is 4.90 Å². The standard InChI is InChI=1S/C38H37NO/c1-5-37(4)33-23-15-16-24-34(33)39(27(2)3)38(37)26-31(28-17-9-6-10-18-28)25-32(29-19-11-7-12-20-29)35(38)36(40)30-21-13-8-14-22-30/h6-27,35H,5H2,1-4H3/t35-,37+,38-/m0/s1. The van der Waals surface area contributed by atoms with Gasteiger partial charge in [0, 0.05) is 22.7 Å². The van der Waals surface area contributed by atoms with E-state index in [9.17, 15) is 0 Å². The highest BCUT2D eigenvalue weighted by molar-refractivity contribution is 6.10. The predicted molar refractivity (Wildman–Crippen MR) is 168 cm³/mol. The number of nitrogens with zero attached hydrogens (tertiary/aromatic N) is 1. The molecule has 0 saturated carbocycles. The fourth-order valence-corrected chi connectivity index (χ4v) is 7.33. The molecule has 0 fully saturated rings. The van der Waals surface area contributed by atoms with Gasteiger partial charge in [-0.2, -0.15) is 0 Å². The highest BCUT2D eigenvalue weighted by Crippen LogP contribution is 2.62. The molecule has 0 N–H and O–H groups in total. The Balaban J connectivity index is 1.74. The first-order valence-electron chi connectivity index (χ1n) is 14.5. The molecule has 4 aromatic rings. The van der Waals surface area contributed by atoms with E-state index < -0.39 is 11.5 Å². The van der Waals surface area contributed by atoms with Crippen molar-refractivity contribution >= 4 is 22.6 Å². The Bertz CT molecular complexity index is 1580. The summed E-state index contributed by atoms with van der Waals surface area (Å²) in [5.74, 6) is -0.248. The normalized spacial score (nSPS) is 23.6. The first kappa shape index (κ1) is 26.1. The van der Waals surface area contributed by atoms with Gasteiger partial charge >= 0.3 is 0 Å². The average Bonchev–Trinajstić information content (AvgIpc) is 3.22. The van der Waals surface area contributed by atoms with E-state index in [1.165, 1.54) is 16.8 Å². The molecule has 0 bridgehead atoms. The molecule has 3 atom stereocenters. The minimum atomic E-state index is -0.627. The van der Waals surface area contributed by atoms with Gasteiger partial charge in [-0.05, 0) is 66.3 Å². The molecular weight excluding hydrogens is 486 g/mol. The average molecular weight is 524 g/mol. The maximum Gasteiger partial charge on any atom is 0.173 e. The smallest absolute Gasteiger partial charge is 0.173 e. The van der Waals surface area contributed by atoms with Gasteiger partial charge in [0.05, 0.1) is 11.5 Å². The van der Waals surface area contributed by atoms with Crippen LogP contribution >= 0.6 is 0 Å². The van der Waals surface area contributed by atoms with Crippen molar-refractivity contribution in [3.63, 3.8) is 0 Å². The number of benzene rings is 4. The molecule has 0 saturated heterocycles. The lowest BCUT2D eigenvalue weighted by Gasteiger charge is -2.55. The van der Waals surface area contributed by atoms with E-state index in [0.29, 0.717) is 0 Å². The molecular formula is C38H37NO. The number of allylic oxidation sites excluding steroid dienone is 2. The number of ketones is 1. The van der Waals surface area contributed by atoms with E-state index in [1.54, 1.807) is 0 Å². The first-order valence-corrected chi connectivity index (χ1v) is 14.5. The number of rotatable bonds is 6. The number of carbonyl (C=O) groups is 1. The SMILES string of the molecule is CC[C@]1(C)c2ccccc2N(C(C)C)[C@]12C=C(c1ccccc1)C=C(c1ccccc1)[C@H]2C(=O)c1ccccc1. The van der Waals surface area contributed by atoms with Gasteiger partial charge in [-0.15, -0.1) is 0 Å². The third-order valence-electron chi connectivity index (χ3n) is 9.24. The van der Waals surface area contributed by atoms with Gasteiger partial charge in [0.1, 0.15) is 0 Å². The van der Waals surface area contributed by atoms with Gasteiger partial charge in [-0.1, -0.05) is 123 Å². The highest BCUT2D eigenvalue weighted by Gasteiger charge is 2.64. The minimum Gasteiger partial charge on any atom is -0.358 e. The lowest BCUT2D eigenvalue weighted by atomic mass is 9.55. The van der Waals surface area contributed by atoms with Crippen molar-refractivity contribution in [3.05, 3.63) is 150 Å². The van der Waals surface area contributed by atoms with E-state index in [0.717, 1.165) is 28.7 Å². The van der Waals surface area contributed by atoms with Gasteiger partial charge in [0.25, 0.3) is 0 Å². The summed E-state index contributed by atoms with van der Waals surface area (Å²) in [6.45, 7) is 9.19. The van der Waals surface area contributed by atoms with Crippen LogP contribution in [-0.2, 0) is 5.41 Å². The molecule has 0 radical (unpaired) electrons. The maximum absolute atomic E-state index is 15.0. The third-order valence-corrected chi connectivity index (χ3v) is 9.24. The molecule has 1 spiro atoms. The second-order valence-electron chi connectivity index (χ2n) is 11.6. The number of hydrogen-bond acceptors (Lipinski definition) is 2.